The van der Waals surface area contributed by atoms with Crippen LogP contribution in [0.15, 0.2) is 24.3 Å². The summed E-state index contributed by atoms with van der Waals surface area (Å²) in [5.74, 6) is -1.43. The number of ether oxygens (including phenoxy) is 4. The molecule has 218 valence electrons. The van der Waals surface area contributed by atoms with Crippen LogP contribution < -0.4 is 9.47 Å². The normalized spacial score (nSPS) is 27.0. The maximum absolute atomic E-state index is 13.2. The van der Waals surface area contributed by atoms with E-state index in [1.165, 1.54) is 7.11 Å². The molecule has 5 N–H and O–H groups in total. The van der Waals surface area contributed by atoms with E-state index in [2.05, 4.69) is 4.90 Å². The standard InChI is InChI=1S/C27H33ClN2O10/c1-37-25-20(32)14(12-30-8-6-29(7-9-30)10-11-38-16-5-3-2-4-15(16)28)18-19(22(25)34)24-26(40-27(18)36)23(35)21(33)17(13-31)39-24/h2-5,17,21,23-24,26,31-35H,6-13H2,1H3. The number of methoxy groups -OCH3 is 1. The molecule has 2 saturated heterocycles. The molecule has 2 aromatic carbocycles. The van der Waals surface area contributed by atoms with E-state index in [-0.39, 0.29) is 29.0 Å². The quantitative estimate of drug-likeness (QED) is 0.278. The van der Waals surface area contributed by atoms with Crippen LogP contribution >= 0.6 is 11.6 Å². The number of esters is 1. The molecule has 5 unspecified atom stereocenters. The Morgan fingerprint density at radius 3 is 2.42 bits per heavy atom. The lowest BCUT2D eigenvalue weighted by molar-refractivity contribution is -0.235. The van der Waals surface area contributed by atoms with Crippen molar-refractivity contribution in [3.8, 4) is 23.0 Å². The third-order valence-electron chi connectivity index (χ3n) is 7.69. The second kappa shape index (κ2) is 12.0. The number of hydrogen-bond acceptors (Lipinski definition) is 12. The fourth-order valence-electron chi connectivity index (χ4n) is 5.51. The summed E-state index contributed by atoms with van der Waals surface area (Å²) >= 11 is 6.15. The fraction of sp³-hybridized carbons (Fsp3) is 0.519. The smallest absolute Gasteiger partial charge is 0.339 e. The van der Waals surface area contributed by atoms with E-state index in [1.54, 1.807) is 6.07 Å². The maximum atomic E-state index is 13.2. The predicted octanol–water partition coefficient (Wildman–Crippen LogP) is 0.649. The molecule has 3 aliphatic heterocycles. The summed E-state index contributed by atoms with van der Waals surface area (Å²) in [4.78, 5) is 17.5. The topological polar surface area (TPSA) is 162 Å². The summed E-state index contributed by atoms with van der Waals surface area (Å²) in [6.07, 6.45) is -6.79. The van der Waals surface area contributed by atoms with Crippen molar-refractivity contribution in [3.63, 3.8) is 0 Å². The zero-order valence-corrected chi connectivity index (χ0v) is 22.7. The number of fused-ring (bicyclic) bond motifs is 3. The van der Waals surface area contributed by atoms with Crippen molar-refractivity contribution in [1.82, 2.24) is 9.80 Å². The highest BCUT2D eigenvalue weighted by atomic mass is 35.5. The Morgan fingerprint density at radius 2 is 1.75 bits per heavy atom. The molecule has 12 nitrogen and oxygen atoms in total. The molecular weight excluding hydrogens is 548 g/mol. The molecule has 0 aliphatic carbocycles. The Labute approximate surface area is 235 Å². The fourth-order valence-corrected chi connectivity index (χ4v) is 5.70. The van der Waals surface area contributed by atoms with Gasteiger partial charge in [0.25, 0.3) is 0 Å². The van der Waals surface area contributed by atoms with Gasteiger partial charge in [-0.05, 0) is 12.1 Å². The SMILES string of the molecule is COc1c(O)c(CN2CCN(CCOc3ccccc3Cl)CC2)c2c(c1O)C1OC(CO)C(O)C(O)C1OC2=O. The number of aliphatic hydroxyl groups is 3. The van der Waals surface area contributed by atoms with Crippen LogP contribution in [0.5, 0.6) is 23.0 Å². The molecule has 0 saturated carbocycles. The van der Waals surface area contributed by atoms with Crippen molar-refractivity contribution >= 4 is 17.6 Å². The summed E-state index contributed by atoms with van der Waals surface area (Å²) in [6.45, 7) is 3.38. The summed E-state index contributed by atoms with van der Waals surface area (Å²) < 4.78 is 22.3. The predicted molar refractivity (Wildman–Crippen MR) is 141 cm³/mol. The minimum Gasteiger partial charge on any atom is -0.504 e. The number of aliphatic hydroxyl groups excluding tert-OH is 3. The van der Waals surface area contributed by atoms with Crippen LogP contribution in [0.2, 0.25) is 5.02 Å². The highest BCUT2D eigenvalue weighted by Crippen LogP contribution is 2.52. The highest BCUT2D eigenvalue weighted by molar-refractivity contribution is 6.32. The molecule has 3 aliphatic rings. The Kier molecular flexibility index (Phi) is 8.57. The minimum absolute atomic E-state index is 0.0225. The average molecular weight is 581 g/mol. The molecule has 5 rings (SSSR count). The molecule has 40 heavy (non-hydrogen) atoms. The van der Waals surface area contributed by atoms with Crippen LogP contribution in [-0.4, -0.2) is 119 Å². The number of carbonyl (C=O) groups excluding carboxylic acids is 1. The number of para-hydroxylation sites is 1. The van der Waals surface area contributed by atoms with Gasteiger partial charge in [0.2, 0.25) is 5.75 Å². The molecule has 13 heteroatoms. The van der Waals surface area contributed by atoms with Gasteiger partial charge in [-0.15, -0.1) is 0 Å². The summed E-state index contributed by atoms with van der Waals surface area (Å²) in [5, 5.41) is 53.1. The minimum atomic E-state index is -1.56. The molecule has 0 aromatic heterocycles. The van der Waals surface area contributed by atoms with Gasteiger partial charge >= 0.3 is 5.97 Å². The van der Waals surface area contributed by atoms with Gasteiger partial charge in [-0.25, -0.2) is 4.79 Å². The Morgan fingerprint density at radius 1 is 1.05 bits per heavy atom. The first-order chi connectivity index (χ1) is 19.2. The Bertz CT molecular complexity index is 1240. The molecule has 3 heterocycles. The number of hydrogen-bond donors (Lipinski definition) is 5. The first kappa shape index (κ1) is 28.7. The zero-order valence-electron chi connectivity index (χ0n) is 21.9. The van der Waals surface area contributed by atoms with Crippen molar-refractivity contribution in [3.05, 3.63) is 46.0 Å². The van der Waals surface area contributed by atoms with E-state index < -0.39 is 54.6 Å². The Balaban J connectivity index is 1.33. The Hall–Kier alpha value is -2.84. The first-order valence-corrected chi connectivity index (χ1v) is 13.4. The van der Waals surface area contributed by atoms with Crippen LogP contribution in [0.4, 0.5) is 0 Å². The van der Waals surface area contributed by atoms with Gasteiger partial charge in [0, 0.05) is 50.4 Å². The van der Waals surface area contributed by atoms with Crippen molar-refractivity contribution < 1.29 is 49.3 Å². The number of phenolic OH excluding ortho intramolecular Hbond substituents is 2. The van der Waals surface area contributed by atoms with E-state index in [1.807, 2.05) is 23.1 Å². The van der Waals surface area contributed by atoms with Gasteiger partial charge in [0.15, 0.2) is 17.6 Å². The summed E-state index contributed by atoms with van der Waals surface area (Å²) in [6, 6.07) is 7.29. The van der Waals surface area contributed by atoms with E-state index in [0.29, 0.717) is 50.1 Å². The average Bonchev–Trinajstić information content (AvgIpc) is 2.95. The second-order valence-corrected chi connectivity index (χ2v) is 10.4. The lowest BCUT2D eigenvalue weighted by Crippen LogP contribution is -2.58. The highest BCUT2D eigenvalue weighted by Gasteiger charge is 2.53. The number of halogens is 1. The first-order valence-electron chi connectivity index (χ1n) is 13.0. The third-order valence-corrected chi connectivity index (χ3v) is 8.01. The van der Waals surface area contributed by atoms with Crippen molar-refractivity contribution in [2.75, 3.05) is 53.0 Å². The maximum Gasteiger partial charge on any atom is 0.339 e. The number of benzene rings is 2. The molecular formula is C27H33ClN2O10. The molecule has 5 atom stereocenters. The number of piperazine rings is 1. The molecule has 2 aromatic rings. The van der Waals surface area contributed by atoms with Crippen LogP contribution in [0, 0.1) is 0 Å². The number of nitrogens with zero attached hydrogens (tertiary/aromatic N) is 2. The monoisotopic (exact) mass is 580 g/mol. The van der Waals surface area contributed by atoms with Crippen LogP contribution in [0.25, 0.3) is 0 Å². The van der Waals surface area contributed by atoms with Gasteiger partial charge in [-0.1, -0.05) is 23.7 Å². The zero-order chi connectivity index (χ0) is 28.6. The molecule has 0 amide bonds. The van der Waals surface area contributed by atoms with Crippen molar-refractivity contribution in [1.29, 1.82) is 0 Å². The molecule has 2 fully saturated rings. The lowest BCUT2D eigenvalue weighted by atomic mass is 9.84. The molecule has 0 bridgehead atoms. The van der Waals surface area contributed by atoms with Crippen LogP contribution in [0.1, 0.15) is 27.6 Å². The molecule has 0 radical (unpaired) electrons. The van der Waals surface area contributed by atoms with Gasteiger partial charge < -0.3 is 44.5 Å². The van der Waals surface area contributed by atoms with Gasteiger partial charge in [-0.2, -0.15) is 0 Å². The van der Waals surface area contributed by atoms with E-state index >= 15 is 0 Å². The van der Waals surface area contributed by atoms with Crippen molar-refractivity contribution in [2.24, 2.45) is 0 Å². The van der Waals surface area contributed by atoms with Crippen LogP contribution in [-0.2, 0) is 16.0 Å². The van der Waals surface area contributed by atoms with E-state index in [4.69, 9.17) is 30.5 Å². The number of rotatable bonds is 8. The van der Waals surface area contributed by atoms with Crippen LogP contribution in [0.3, 0.4) is 0 Å². The van der Waals surface area contributed by atoms with Crippen molar-refractivity contribution in [2.45, 2.75) is 37.1 Å². The van der Waals surface area contributed by atoms with Gasteiger partial charge in [0.1, 0.15) is 36.8 Å². The summed E-state index contributed by atoms with van der Waals surface area (Å²) in [7, 11) is 1.27. The number of aromatic hydroxyl groups is 2. The van der Waals surface area contributed by atoms with E-state index in [0.717, 1.165) is 0 Å². The largest absolute Gasteiger partial charge is 0.504 e. The number of phenols is 2. The second-order valence-electron chi connectivity index (χ2n) is 10.0. The van der Waals surface area contributed by atoms with E-state index in [9.17, 15) is 30.3 Å². The lowest BCUT2D eigenvalue weighted by Gasteiger charge is -2.45. The number of carbonyl (C=O) groups is 1. The third kappa shape index (κ3) is 5.28. The van der Waals surface area contributed by atoms with Gasteiger partial charge in [-0.3, -0.25) is 9.80 Å². The van der Waals surface area contributed by atoms with Gasteiger partial charge in [0.05, 0.1) is 24.3 Å². The summed E-state index contributed by atoms with van der Waals surface area (Å²) in [5.41, 5.74) is 0.0759. The molecule has 0 spiro atoms.